The average molecular weight is 322 g/mol. The average Bonchev–Trinajstić information content (AvgIpc) is 2.88. The SMILES string of the molecule is C[C@@H]1Cc2ccccc2CN1C(=O)c1cccc2c1oc(=O)n2C. The summed E-state index contributed by atoms with van der Waals surface area (Å²) in [6.07, 6.45) is 0.830. The van der Waals surface area contributed by atoms with Crippen LogP contribution in [0.5, 0.6) is 0 Å². The van der Waals surface area contributed by atoms with Crippen molar-refractivity contribution in [2.24, 2.45) is 7.05 Å². The summed E-state index contributed by atoms with van der Waals surface area (Å²) in [7, 11) is 1.64. The minimum atomic E-state index is -0.456. The summed E-state index contributed by atoms with van der Waals surface area (Å²) < 4.78 is 6.72. The standard InChI is InChI=1S/C19H18N2O3/c1-12-10-13-6-3-4-7-14(13)11-21(12)18(22)15-8-5-9-16-17(15)24-19(23)20(16)2/h3-9,12H,10-11H2,1-2H3/t12-/m1/s1. The third-order valence-electron chi connectivity index (χ3n) is 4.82. The van der Waals surface area contributed by atoms with Crippen LogP contribution < -0.4 is 5.76 Å². The number of hydrogen-bond donors (Lipinski definition) is 0. The van der Waals surface area contributed by atoms with Gasteiger partial charge in [0.25, 0.3) is 5.91 Å². The molecule has 1 aliphatic rings. The van der Waals surface area contributed by atoms with Gasteiger partial charge in [0.05, 0.1) is 11.1 Å². The van der Waals surface area contributed by atoms with Crippen LogP contribution in [0.4, 0.5) is 0 Å². The van der Waals surface area contributed by atoms with Crippen molar-refractivity contribution < 1.29 is 9.21 Å². The molecular weight excluding hydrogens is 304 g/mol. The molecule has 0 radical (unpaired) electrons. The molecule has 0 bridgehead atoms. The van der Waals surface area contributed by atoms with E-state index in [4.69, 9.17) is 4.42 Å². The number of amides is 1. The van der Waals surface area contributed by atoms with E-state index in [1.165, 1.54) is 15.7 Å². The Morgan fingerprint density at radius 3 is 2.67 bits per heavy atom. The maximum Gasteiger partial charge on any atom is 0.419 e. The molecule has 0 unspecified atom stereocenters. The van der Waals surface area contributed by atoms with Gasteiger partial charge >= 0.3 is 5.76 Å². The number of carbonyl (C=O) groups excluding carboxylic acids is 1. The van der Waals surface area contributed by atoms with Crippen molar-refractivity contribution in [3.63, 3.8) is 0 Å². The lowest BCUT2D eigenvalue weighted by Gasteiger charge is -2.35. The molecule has 1 amide bonds. The highest BCUT2D eigenvalue weighted by atomic mass is 16.4. The molecule has 0 aliphatic carbocycles. The highest BCUT2D eigenvalue weighted by Gasteiger charge is 2.29. The molecule has 0 N–H and O–H groups in total. The van der Waals surface area contributed by atoms with E-state index < -0.39 is 5.76 Å². The minimum absolute atomic E-state index is 0.0955. The van der Waals surface area contributed by atoms with E-state index in [1.807, 2.05) is 17.0 Å². The Morgan fingerprint density at radius 2 is 1.88 bits per heavy atom. The maximum atomic E-state index is 13.1. The third-order valence-corrected chi connectivity index (χ3v) is 4.82. The summed E-state index contributed by atoms with van der Waals surface area (Å²) in [4.78, 5) is 26.7. The van der Waals surface area contributed by atoms with Crippen molar-refractivity contribution in [1.29, 1.82) is 0 Å². The fourth-order valence-corrected chi connectivity index (χ4v) is 3.42. The molecule has 2 aromatic carbocycles. The van der Waals surface area contributed by atoms with Gasteiger partial charge in [-0.25, -0.2) is 4.79 Å². The number of hydrogen-bond acceptors (Lipinski definition) is 3. The summed E-state index contributed by atoms with van der Waals surface area (Å²) in [5, 5.41) is 0. The lowest BCUT2D eigenvalue weighted by molar-refractivity contribution is 0.0659. The fraction of sp³-hybridized carbons (Fsp3) is 0.263. The van der Waals surface area contributed by atoms with Gasteiger partial charge in [0, 0.05) is 19.6 Å². The number of rotatable bonds is 1. The zero-order valence-corrected chi connectivity index (χ0v) is 13.7. The fourth-order valence-electron chi connectivity index (χ4n) is 3.42. The van der Waals surface area contributed by atoms with Crippen molar-refractivity contribution >= 4 is 17.0 Å². The number of benzene rings is 2. The van der Waals surface area contributed by atoms with Crippen LogP contribution in [0.15, 0.2) is 51.7 Å². The molecule has 4 rings (SSSR count). The molecule has 122 valence electrons. The van der Waals surface area contributed by atoms with Crippen molar-refractivity contribution in [3.05, 3.63) is 69.7 Å². The maximum absolute atomic E-state index is 13.1. The Kier molecular flexibility index (Phi) is 3.30. The van der Waals surface area contributed by atoms with Gasteiger partial charge < -0.3 is 9.32 Å². The summed E-state index contributed by atoms with van der Waals surface area (Å²) in [6.45, 7) is 2.62. The summed E-state index contributed by atoms with van der Waals surface area (Å²) in [6, 6.07) is 13.6. The van der Waals surface area contributed by atoms with Crippen LogP contribution in [0, 0.1) is 0 Å². The molecule has 2 heterocycles. The number of nitrogens with zero attached hydrogens (tertiary/aromatic N) is 2. The number of carbonyl (C=O) groups is 1. The normalized spacial score (nSPS) is 17.1. The van der Waals surface area contributed by atoms with Crippen LogP contribution in [0.2, 0.25) is 0 Å². The van der Waals surface area contributed by atoms with E-state index in [2.05, 4.69) is 19.1 Å². The van der Waals surface area contributed by atoms with Crippen molar-refractivity contribution in [3.8, 4) is 0 Å². The first kappa shape index (κ1) is 14.8. The van der Waals surface area contributed by atoms with E-state index in [0.29, 0.717) is 23.2 Å². The topological polar surface area (TPSA) is 55.5 Å². The molecule has 1 aromatic heterocycles. The Balaban J connectivity index is 1.77. The zero-order valence-electron chi connectivity index (χ0n) is 13.7. The Morgan fingerprint density at radius 1 is 1.12 bits per heavy atom. The molecule has 5 nitrogen and oxygen atoms in total. The van der Waals surface area contributed by atoms with Crippen molar-refractivity contribution in [2.75, 3.05) is 0 Å². The summed E-state index contributed by atoms with van der Waals surface area (Å²) >= 11 is 0. The van der Waals surface area contributed by atoms with Crippen molar-refractivity contribution in [2.45, 2.75) is 25.9 Å². The number of para-hydroxylation sites is 1. The molecule has 3 aromatic rings. The summed E-state index contributed by atoms with van der Waals surface area (Å²) in [5.41, 5.74) is 3.90. The van der Waals surface area contributed by atoms with Crippen LogP contribution in [-0.4, -0.2) is 21.4 Å². The number of fused-ring (bicyclic) bond motifs is 2. The second-order valence-electron chi connectivity index (χ2n) is 6.34. The van der Waals surface area contributed by atoms with Gasteiger partial charge in [0.15, 0.2) is 5.58 Å². The van der Waals surface area contributed by atoms with Gasteiger partial charge in [0.1, 0.15) is 0 Å². The predicted octanol–water partition coefficient (Wildman–Crippen LogP) is 2.72. The van der Waals surface area contributed by atoms with E-state index in [0.717, 1.165) is 6.42 Å². The smallest absolute Gasteiger partial charge is 0.407 e. The summed E-state index contributed by atoms with van der Waals surface area (Å²) in [5.74, 6) is -0.556. The molecular formula is C19H18N2O3. The Bertz CT molecular complexity index is 999. The molecule has 1 aliphatic heterocycles. The Labute approximate surface area is 139 Å². The van der Waals surface area contributed by atoms with E-state index in [1.54, 1.807) is 25.2 Å². The molecule has 1 atom stereocenters. The van der Waals surface area contributed by atoms with Crippen LogP contribution in [0.25, 0.3) is 11.1 Å². The van der Waals surface area contributed by atoms with Gasteiger partial charge in [-0.2, -0.15) is 0 Å². The molecule has 24 heavy (non-hydrogen) atoms. The minimum Gasteiger partial charge on any atom is -0.407 e. The number of oxazole rings is 1. The molecule has 0 saturated heterocycles. The lowest BCUT2D eigenvalue weighted by atomic mass is 9.94. The van der Waals surface area contributed by atoms with Gasteiger partial charge in [-0.1, -0.05) is 30.3 Å². The van der Waals surface area contributed by atoms with E-state index in [9.17, 15) is 9.59 Å². The second-order valence-corrected chi connectivity index (χ2v) is 6.34. The van der Waals surface area contributed by atoms with Gasteiger partial charge in [0.2, 0.25) is 0 Å². The van der Waals surface area contributed by atoms with Crippen LogP contribution >= 0.6 is 0 Å². The van der Waals surface area contributed by atoms with Gasteiger partial charge in [-0.3, -0.25) is 9.36 Å². The van der Waals surface area contributed by atoms with E-state index >= 15 is 0 Å². The van der Waals surface area contributed by atoms with Crippen LogP contribution in [0.3, 0.4) is 0 Å². The van der Waals surface area contributed by atoms with E-state index in [-0.39, 0.29) is 11.9 Å². The molecule has 0 saturated carbocycles. The lowest BCUT2D eigenvalue weighted by Crippen LogP contribution is -2.42. The highest BCUT2D eigenvalue weighted by molar-refractivity contribution is 6.04. The quantitative estimate of drug-likeness (QED) is 0.692. The second kappa shape index (κ2) is 5.37. The van der Waals surface area contributed by atoms with Gasteiger partial charge in [-0.15, -0.1) is 0 Å². The van der Waals surface area contributed by atoms with Crippen LogP contribution in [0.1, 0.15) is 28.4 Å². The Hall–Kier alpha value is -2.82. The molecule has 5 heteroatoms. The number of aromatic nitrogens is 1. The molecule has 0 spiro atoms. The zero-order chi connectivity index (χ0) is 16.8. The highest BCUT2D eigenvalue weighted by Crippen LogP contribution is 2.26. The predicted molar refractivity (Wildman–Crippen MR) is 90.9 cm³/mol. The van der Waals surface area contributed by atoms with Crippen molar-refractivity contribution in [1.82, 2.24) is 9.47 Å². The van der Waals surface area contributed by atoms with Gasteiger partial charge in [-0.05, 0) is 36.6 Å². The third kappa shape index (κ3) is 2.16. The largest absolute Gasteiger partial charge is 0.419 e. The van der Waals surface area contributed by atoms with Crippen LogP contribution in [-0.2, 0) is 20.0 Å². The monoisotopic (exact) mass is 322 g/mol. The first-order valence-corrected chi connectivity index (χ1v) is 8.02. The number of aryl methyl sites for hydroxylation is 1. The first-order valence-electron chi connectivity index (χ1n) is 8.02. The molecule has 0 fully saturated rings. The first-order chi connectivity index (χ1) is 11.6.